The maximum absolute atomic E-state index is 12.9. The van der Waals surface area contributed by atoms with E-state index in [9.17, 15) is 9.59 Å². The highest BCUT2D eigenvalue weighted by Crippen LogP contribution is 2.29. The molecule has 0 bridgehead atoms. The van der Waals surface area contributed by atoms with E-state index in [1.165, 1.54) is 10.7 Å². The molecule has 150 valence electrons. The number of carbonyl (C=O) groups excluding carboxylic acids is 1. The van der Waals surface area contributed by atoms with Crippen LogP contribution >= 0.6 is 0 Å². The van der Waals surface area contributed by atoms with Crippen LogP contribution in [0.4, 0.5) is 0 Å². The van der Waals surface area contributed by atoms with Crippen LogP contribution in [0.5, 0.6) is 5.75 Å². The minimum atomic E-state index is -0.186. The molecule has 0 atom stereocenters. The lowest BCUT2D eigenvalue weighted by molar-refractivity contribution is 0.0492. The van der Waals surface area contributed by atoms with Crippen molar-refractivity contribution in [3.8, 4) is 17.0 Å². The number of para-hydroxylation sites is 1. The molecule has 2 aromatic heterocycles. The number of rotatable bonds is 4. The van der Waals surface area contributed by atoms with Gasteiger partial charge in [0.15, 0.2) is 0 Å². The highest BCUT2D eigenvalue weighted by atomic mass is 16.5. The van der Waals surface area contributed by atoms with E-state index < -0.39 is 0 Å². The van der Waals surface area contributed by atoms with Gasteiger partial charge in [0, 0.05) is 37.5 Å². The topological polar surface area (TPSA) is 82.3 Å². The van der Waals surface area contributed by atoms with Gasteiger partial charge in [-0.05, 0) is 32.0 Å². The Morgan fingerprint density at radius 3 is 2.48 bits per heavy atom. The fourth-order valence-electron chi connectivity index (χ4n) is 3.70. The quantitative estimate of drug-likeness (QED) is 0.677. The second-order valence-corrected chi connectivity index (χ2v) is 7.24. The molecule has 1 aliphatic heterocycles. The summed E-state index contributed by atoms with van der Waals surface area (Å²) in [6, 6.07) is 10.6. The van der Waals surface area contributed by atoms with Crippen molar-refractivity contribution >= 4 is 5.91 Å². The zero-order chi connectivity index (χ0) is 20.7. The zero-order valence-electron chi connectivity index (χ0n) is 16.9. The first-order chi connectivity index (χ1) is 13.9. The van der Waals surface area contributed by atoms with E-state index in [1.54, 1.807) is 22.8 Å². The molecule has 0 saturated carbocycles. The Bertz CT molecular complexity index is 1140. The van der Waals surface area contributed by atoms with Crippen molar-refractivity contribution < 1.29 is 9.53 Å². The average Bonchev–Trinajstić information content (AvgIpc) is 2.93. The van der Waals surface area contributed by atoms with Gasteiger partial charge in [-0.15, -0.1) is 0 Å². The molecular formula is C21H23N5O3. The molecular weight excluding hydrogens is 370 g/mol. The lowest BCUT2D eigenvalue weighted by Gasteiger charge is -2.39. The molecule has 3 aromatic rings. The maximum atomic E-state index is 12.9. The Balaban J connectivity index is 1.57. The summed E-state index contributed by atoms with van der Waals surface area (Å²) in [5.41, 5.74) is 3.48. The summed E-state index contributed by atoms with van der Waals surface area (Å²) in [6.45, 7) is 4.59. The van der Waals surface area contributed by atoms with E-state index in [1.807, 2.05) is 45.2 Å². The van der Waals surface area contributed by atoms with E-state index in [2.05, 4.69) is 10.2 Å². The Morgan fingerprint density at radius 2 is 1.83 bits per heavy atom. The van der Waals surface area contributed by atoms with Gasteiger partial charge in [0.25, 0.3) is 11.5 Å². The van der Waals surface area contributed by atoms with Crippen molar-refractivity contribution in [1.82, 2.24) is 24.5 Å². The van der Waals surface area contributed by atoms with Crippen LogP contribution in [0.15, 0.2) is 41.2 Å². The SMILES string of the molecule is COc1ccccc1-c1ccc(=O)n(C2CN(C(=O)c3c(C)nn(C)c3C)C2)n1. The van der Waals surface area contributed by atoms with Gasteiger partial charge in [-0.2, -0.15) is 10.2 Å². The lowest BCUT2D eigenvalue weighted by atomic mass is 10.1. The van der Waals surface area contributed by atoms with Gasteiger partial charge in [-0.3, -0.25) is 14.3 Å². The first-order valence-electron chi connectivity index (χ1n) is 9.43. The van der Waals surface area contributed by atoms with Crippen LogP contribution in [0, 0.1) is 13.8 Å². The summed E-state index contributed by atoms with van der Waals surface area (Å²) in [4.78, 5) is 27.0. The third kappa shape index (κ3) is 3.20. The van der Waals surface area contributed by atoms with Crippen molar-refractivity contribution in [2.45, 2.75) is 19.9 Å². The molecule has 1 aromatic carbocycles. The Kier molecular flexibility index (Phi) is 4.70. The van der Waals surface area contributed by atoms with Crippen molar-refractivity contribution in [2.24, 2.45) is 7.05 Å². The first kappa shape index (κ1) is 18.9. The standard InChI is InChI=1S/C21H23N5O3/c1-13-20(14(2)24(3)22-13)21(28)25-11-15(12-25)26-19(27)10-9-17(23-26)16-7-5-6-8-18(16)29-4/h5-10,15H,11-12H2,1-4H3. The molecule has 3 heterocycles. The van der Waals surface area contributed by atoms with Crippen LogP contribution in [-0.4, -0.2) is 50.6 Å². The number of hydrogen-bond acceptors (Lipinski definition) is 5. The van der Waals surface area contributed by atoms with Gasteiger partial charge in [-0.25, -0.2) is 4.68 Å². The summed E-state index contributed by atoms with van der Waals surface area (Å²) in [7, 11) is 3.43. The predicted octanol–water partition coefficient (Wildman–Crippen LogP) is 1.97. The Labute approximate surface area is 168 Å². The fraction of sp³-hybridized carbons (Fsp3) is 0.333. The minimum Gasteiger partial charge on any atom is -0.496 e. The Morgan fingerprint density at radius 1 is 1.10 bits per heavy atom. The number of methoxy groups -OCH3 is 1. The molecule has 29 heavy (non-hydrogen) atoms. The highest BCUT2D eigenvalue weighted by molar-refractivity contribution is 5.97. The van der Waals surface area contributed by atoms with Crippen LogP contribution in [-0.2, 0) is 7.05 Å². The van der Waals surface area contributed by atoms with E-state index >= 15 is 0 Å². The molecule has 1 amide bonds. The summed E-state index contributed by atoms with van der Waals surface area (Å²) >= 11 is 0. The lowest BCUT2D eigenvalue weighted by Crippen LogP contribution is -2.53. The van der Waals surface area contributed by atoms with Crippen LogP contribution < -0.4 is 10.3 Å². The number of likely N-dealkylation sites (tertiary alicyclic amines) is 1. The number of hydrogen-bond donors (Lipinski definition) is 0. The first-order valence-corrected chi connectivity index (χ1v) is 9.43. The highest BCUT2D eigenvalue weighted by Gasteiger charge is 2.35. The molecule has 0 spiro atoms. The fourth-order valence-corrected chi connectivity index (χ4v) is 3.70. The number of carbonyl (C=O) groups is 1. The molecule has 4 rings (SSSR count). The summed E-state index contributed by atoms with van der Waals surface area (Å²) in [6.07, 6.45) is 0. The molecule has 1 fully saturated rings. The number of nitrogens with zero attached hydrogens (tertiary/aromatic N) is 5. The molecule has 8 heteroatoms. The molecule has 8 nitrogen and oxygen atoms in total. The van der Waals surface area contributed by atoms with Gasteiger partial charge in [0.1, 0.15) is 5.75 Å². The third-order valence-corrected chi connectivity index (χ3v) is 5.43. The molecule has 0 unspecified atom stereocenters. The third-order valence-electron chi connectivity index (χ3n) is 5.43. The number of aromatic nitrogens is 4. The van der Waals surface area contributed by atoms with Crippen molar-refractivity contribution in [2.75, 3.05) is 20.2 Å². The van der Waals surface area contributed by atoms with Gasteiger partial charge in [0.05, 0.1) is 30.1 Å². The summed E-state index contributed by atoms with van der Waals surface area (Å²) < 4.78 is 8.58. The second-order valence-electron chi connectivity index (χ2n) is 7.24. The number of benzene rings is 1. The molecule has 1 saturated heterocycles. The van der Waals surface area contributed by atoms with Crippen molar-refractivity contribution in [3.05, 3.63) is 63.7 Å². The molecule has 0 N–H and O–H groups in total. The van der Waals surface area contributed by atoms with Gasteiger partial charge in [0.2, 0.25) is 0 Å². The van der Waals surface area contributed by atoms with Crippen LogP contribution in [0.3, 0.4) is 0 Å². The van der Waals surface area contributed by atoms with Gasteiger partial charge < -0.3 is 9.64 Å². The van der Waals surface area contributed by atoms with E-state index in [0.717, 1.165) is 11.3 Å². The largest absolute Gasteiger partial charge is 0.496 e. The second kappa shape index (κ2) is 7.20. The van der Waals surface area contributed by atoms with E-state index in [-0.39, 0.29) is 17.5 Å². The normalized spacial score (nSPS) is 14.0. The van der Waals surface area contributed by atoms with E-state index in [4.69, 9.17) is 4.74 Å². The number of ether oxygens (including phenoxy) is 1. The maximum Gasteiger partial charge on any atom is 0.267 e. The summed E-state index contributed by atoms with van der Waals surface area (Å²) in [5.74, 6) is 0.636. The van der Waals surface area contributed by atoms with Gasteiger partial charge >= 0.3 is 0 Å². The molecule has 0 aliphatic carbocycles. The minimum absolute atomic E-state index is 0.0571. The van der Waals surface area contributed by atoms with E-state index in [0.29, 0.717) is 35.8 Å². The number of amides is 1. The average molecular weight is 393 g/mol. The van der Waals surface area contributed by atoms with Crippen molar-refractivity contribution in [1.29, 1.82) is 0 Å². The van der Waals surface area contributed by atoms with Crippen LogP contribution in [0.2, 0.25) is 0 Å². The molecule has 0 radical (unpaired) electrons. The monoisotopic (exact) mass is 393 g/mol. The molecule has 1 aliphatic rings. The Hall–Kier alpha value is -3.42. The number of aryl methyl sites for hydroxylation is 2. The van der Waals surface area contributed by atoms with Crippen LogP contribution in [0.1, 0.15) is 27.8 Å². The zero-order valence-corrected chi connectivity index (χ0v) is 16.9. The summed E-state index contributed by atoms with van der Waals surface area (Å²) in [5, 5.41) is 8.86. The van der Waals surface area contributed by atoms with Crippen molar-refractivity contribution in [3.63, 3.8) is 0 Å². The smallest absolute Gasteiger partial charge is 0.267 e. The predicted molar refractivity (Wildman–Crippen MR) is 108 cm³/mol. The van der Waals surface area contributed by atoms with Gasteiger partial charge in [-0.1, -0.05) is 12.1 Å². The van der Waals surface area contributed by atoms with Crippen LogP contribution in [0.25, 0.3) is 11.3 Å².